The van der Waals surface area contributed by atoms with Crippen LogP contribution in [0.4, 0.5) is 0 Å². The van der Waals surface area contributed by atoms with Gasteiger partial charge in [-0.2, -0.15) is 4.98 Å². The van der Waals surface area contributed by atoms with Crippen LogP contribution in [-0.4, -0.2) is 23.1 Å². The lowest BCUT2D eigenvalue weighted by Crippen LogP contribution is -2.11. The number of ether oxygens (including phenoxy) is 1. The van der Waals surface area contributed by atoms with E-state index in [4.69, 9.17) is 10.5 Å². The summed E-state index contributed by atoms with van der Waals surface area (Å²) in [6.07, 6.45) is 1.66. The lowest BCUT2D eigenvalue weighted by atomic mass is 10.6. The van der Waals surface area contributed by atoms with Crippen molar-refractivity contribution in [1.82, 2.24) is 9.97 Å². The fourth-order valence-corrected chi connectivity index (χ4v) is 0.678. The van der Waals surface area contributed by atoms with Gasteiger partial charge in [-0.3, -0.25) is 0 Å². The lowest BCUT2D eigenvalue weighted by molar-refractivity contribution is 0.314. The first-order valence-corrected chi connectivity index (χ1v) is 3.45. The van der Waals surface area contributed by atoms with Crippen LogP contribution in [0.2, 0.25) is 0 Å². The van der Waals surface area contributed by atoms with Crippen LogP contribution in [0, 0.1) is 6.92 Å². The Bertz CT molecular complexity index is 227. The standard InChI is InChI=1S/C7H11N3O/c1-6-9-4-2-7(10-6)11-5-3-8/h2,4H,3,5,8H2,1H3. The van der Waals surface area contributed by atoms with Crippen molar-refractivity contribution in [3.8, 4) is 5.88 Å². The predicted octanol–water partition coefficient (Wildman–Crippen LogP) is 0.123. The highest BCUT2D eigenvalue weighted by Gasteiger charge is 1.93. The minimum Gasteiger partial charge on any atom is -0.476 e. The summed E-state index contributed by atoms with van der Waals surface area (Å²) in [6.45, 7) is 2.81. The second-order valence-corrected chi connectivity index (χ2v) is 2.08. The van der Waals surface area contributed by atoms with Gasteiger partial charge in [0.15, 0.2) is 0 Å². The van der Waals surface area contributed by atoms with E-state index in [1.165, 1.54) is 0 Å². The molecule has 0 bridgehead atoms. The summed E-state index contributed by atoms with van der Waals surface area (Å²) in [7, 11) is 0. The molecule has 1 aromatic heterocycles. The molecule has 11 heavy (non-hydrogen) atoms. The van der Waals surface area contributed by atoms with Crippen LogP contribution in [0.1, 0.15) is 5.82 Å². The van der Waals surface area contributed by atoms with E-state index in [1.807, 2.05) is 6.92 Å². The first-order valence-electron chi connectivity index (χ1n) is 3.45. The maximum Gasteiger partial charge on any atom is 0.216 e. The van der Waals surface area contributed by atoms with E-state index in [1.54, 1.807) is 12.3 Å². The SMILES string of the molecule is Cc1nccc(OCCN)n1. The Kier molecular flexibility index (Phi) is 2.80. The Labute approximate surface area is 65.4 Å². The molecule has 0 unspecified atom stereocenters. The first-order chi connectivity index (χ1) is 5.33. The van der Waals surface area contributed by atoms with Crippen LogP contribution < -0.4 is 10.5 Å². The van der Waals surface area contributed by atoms with Crippen LogP contribution in [0.15, 0.2) is 12.3 Å². The molecule has 0 aromatic carbocycles. The minimum atomic E-state index is 0.496. The normalized spacial score (nSPS) is 9.64. The summed E-state index contributed by atoms with van der Waals surface area (Å²) >= 11 is 0. The van der Waals surface area contributed by atoms with Crippen molar-refractivity contribution in [2.75, 3.05) is 13.2 Å². The number of nitrogens with two attached hydrogens (primary N) is 1. The Morgan fingerprint density at radius 2 is 2.45 bits per heavy atom. The van der Waals surface area contributed by atoms with Crippen molar-refractivity contribution < 1.29 is 4.74 Å². The Hall–Kier alpha value is -1.16. The first kappa shape index (κ1) is 7.94. The zero-order valence-electron chi connectivity index (χ0n) is 6.45. The average Bonchev–Trinajstić information content (AvgIpc) is 2.01. The van der Waals surface area contributed by atoms with Crippen LogP contribution in [0.3, 0.4) is 0 Å². The molecule has 4 heteroatoms. The van der Waals surface area contributed by atoms with Crippen molar-refractivity contribution in [3.63, 3.8) is 0 Å². The molecule has 0 atom stereocenters. The number of rotatable bonds is 3. The van der Waals surface area contributed by atoms with Gasteiger partial charge in [0, 0.05) is 18.8 Å². The van der Waals surface area contributed by atoms with Crippen LogP contribution in [0.5, 0.6) is 5.88 Å². The summed E-state index contributed by atoms with van der Waals surface area (Å²) in [5.74, 6) is 1.29. The van der Waals surface area contributed by atoms with Crippen molar-refractivity contribution in [2.45, 2.75) is 6.92 Å². The molecule has 0 aliphatic carbocycles. The smallest absolute Gasteiger partial charge is 0.216 e. The molecule has 0 aliphatic rings. The molecular weight excluding hydrogens is 142 g/mol. The fraction of sp³-hybridized carbons (Fsp3) is 0.429. The number of hydrogen-bond donors (Lipinski definition) is 1. The monoisotopic (exact) mass is 153 g/mol. The van der Waals surface area contributed by atoms with E-state index in [2.05, 4.69) is 9.97 Å². The molecule has 1 heterocycles. The summed E-state index contributed by atoms with van der Waals surface area (Å²) in [5.41, 5.74) is 5.25. The third-order valence-electron chi connectivity index (χ3n) is 1.12. The van der Waals surface area contributed by atoms with Gasteiger partial charge in [0.1, 0.15) is 12.4 Å². The number of aromatic nitrogens is 2. The molecule has 0 saturated carbocycles. The Morgan fingerprint density at radius 3 is 3.09 bits per heavy atom. The van der Waals surface area contributed by atoms with Crippen molar-refractivity contribution in [3.05, 3.63) is 18.1 Å². The topological polar surface area (TPSA) is 61.0 Å². The van der Waals surface area contributed by atoms with Gasteiger partial charge in [-0.15, -0.1) is 0 Å². The van der Waals surface area contributed by atoms with Crippen LogP contribution >= 0.6 is 0 Å². The second-order valence-electron chi connectivity index (χ2n) is 2.08. The highest BCUT2D eigenvalue weighted by Crippen LogP contribution is 2.02. The maximum atomic E-state index is 5.25. The molecule has 0 aliphatic heterocycles. The summed E-state index contributed by atoms with van der Waals surface area (Å²) in [4.78, 5) is 7.95. The molecule has 0 saturated heterocycles. The fourth-order valence-electron chi connectivity index (χ4n) is 0.678. The zero-order valence-corrected chi connectivity index (χ0v) is 6.45. The molecule has 1 aromatic rings. The number of aryl methyl sites for hydroxylation is 1. The van der Waals surface area contributed by atoms with E-state index < -0.39 is 0 Å². The second kappa shape index (κ2) is 3.88. The van der Waals surface area contributed by atoms with Gasteiger partial charge >= 0.3 is 0 Å². The molecular formula is C7H11N3O. The lowest BCUT2D eigenvalue weighted by Gasteiger charge is -2.01. The molecule has 60 valence electrons. The number of nitrogens with zero attached hydrogens (tertiary/aromatic N) is 2. The largest absolute Gasteiger partial charge is 0.476 e. The average molecular weight is 153 g/mol. The Morgan fingerprint density at radius 1 is 1.64 bits per heavy atom. The van der Waals surface area contributed by atoms with Crippen molar-refractivity contribution >= 4 is 0 Å². The molecule has 0 radical (unpaired) electrons. The zero-order chi connectivity index (χ0) is 8.10. The van der Waals surface area contributed by atoms with Crippen LogP contribution in [-0.2, 0) is 0 Å². The molecule has 0 spiro atoms. The molecule has 4 nitrogen and oxygen atoms in total. The third-order valence-corrected chi connectivity index (χ3v) is 1.12. The van der Waals surface area contributed by atoms with Gasteiger partial charge in [0.2, 0.25) is 5.88 Å². The number of hydrogen-bond acceptors (Lipinski definition) is 4. The van der Waals surface area contributed by atoms with E-state index in [-0.39, 0.29) is 0 Å². The van der Waals surface area contributed by atoms with Gasteiger partial charge in [0.25, 0.3) is 0 Å². The van der Waals surface area contributed by atoms with E-state index in [9.17, 15) is 0 Å². The van der Waals surface area contributed by atoms with Crippen molar-refractivity contribution in [2.24, 2.45) is 5.73 Å². The van der Waals surface area contributed by atoms with Crippen molar-refractivity contribution in [1.29, 1.82) is 0 Å². The van der Waals surface area contributed by atoms with Gasteiger partial charge in [-0.05, 0) is 6.92 Å². The van der Waals surface area contributed by atoms with Crippen LogP contribution in [0.25, 0.3) is 0 Å². The quantitative estimate of drug-likeness (QED) is 0.670. The summed E-state index contributed by atoms with van der Waals surface area (Å²) in [6, 6.07) is 1.71. The van der Waals surface area contributed by atoms with Gasteiger partial charge in [-0.25, -0.2) is 4.98 Å². The molecule has 2 N–H and O–H groups in total. The predicted molar refractivity (Wildman–Crippen MR) is 41.3 cm³/mol. The summed E-state index contributed by atoms with van der Waals surface area (Å²) in [5, 5.41) is 0. The summed E-state index contributed by atoms with van der Waals surface area (Å²) < 4.78 is 5.16. The molecule has 0 amide bonds. The Balaban J connectivity index is 2.56. The highest BCUT2D eigenvalue weighted by molar-refractivity contribution is 5.07. The maximum absolute atomic E-state index is 5.25. The molecule has 1 rings (SSSR count). The van der Waals surface area contributed by atoms with E-state index in [0.29, 0.717) is 24.9 Å². The van der Waals surface area contributed by atoms with E-state index >= 15 is 0 Å². The van der Waals surface area contributed by atoms with Gasteiger partial charge in [-0.1, -0.05) is 0 Å². The van der Waals surface area contributed by atoms with Gasteiger partial charge < -0.3 is 10.5 Å². The van der Waals surface area contributed by atoms with Gasteiger partial charge in [0.05, 0.1) is 0 Å². The minimum absolute atomic E-state index is 0.496. The highest BCUT2D eigenvalue weighted by atomic mass is 16.5. The third kappa shape index (κ3) is 2.51. The van der Waals surface area contributed by atoms with E-state index in [0.717, 1.165) is 0 Å². The molecule has 0 fully saturated rings.